The standard InChI is InChI=1S/C15H19N5O/c1-3-8-19-14-10(6-5-7-17-14)12-11(15(19)21)13(16)18-20(12)9-4-2/h5-7H,3-4,8-9H2,1-2H3,(H2,16,18). The Morgan fingerprint density at radius 3 is 2.71 bits per heavy atom. The van der Waals surface area contributed by atoms with Gasteiger partial charge in [0.1, 0.15) is 11.0 Å². The Morgan fingerprint density at radius 2 is 2.00 bits per heavy atom. The number of rotatable bonds is 4. The number of aryl methyl sites for hydroxylation is 2. The molecule has 2 N–H and O–H groups in total. The fourth-order valence-electron chi connectivity index (χ4n) is 2.80. The van der Waals surface area contributed by atoms with Crippen LogP contribution in [0.2, 0.25) is 0 Å². The van der Waals surface area contributed by atoms with Crippen LogP contribution in [0.1, 0.15) is 26.7 Å². The highest BCUT2D eigenvalue weighted by atomic mass is 16.1. The number of nitrogens with two attached hydrogens (primary N) is 1. The lowest BCUT2D eigenvalue weighted by molar-refractivity contribution is 0.625. The maximum atomic E-state index is 12.8. The molecule has 6 heteroatoms. The summed E-state index contributed by atoms with van der Waals surface area (Å²) in [5.74, 6) is 0.305. The zero-order valence-electron chi connectivity index (χ0n) is 12.3. The van der Waals surface area contributed by atoms with Crippen molar-refractivity contribution in [3.05, 3.63) is 28.7 Å². The summed E-state index contributed by atoms with van der Waals surface area (Å²) in [7, 11) is 0. The number of nitrogen functional groups attached to an aromatic ring is 1. The van der Waals surface area contributed by atoms with Gasteiger partial charge in [0, 0.05) is 24.7 Å². The van der Waals surface area contributed by atoms with Crippen LogP contribution in [0.25, 0.3) is 21.9 Å². The summed E-state index contributed by atoms with van der Waals surface area (Å²) in [6.45, 7) is 5.47. The number of aromatic nitrogens is 4. The van der Waals surface area contributed by atoms with Crippen LogP contribution < -0.4 is 11.3 Å². The van der Waals surface area contributed by atoms with Crippen molar-refractivity contribution in [2.75, 3.05) is 5.73 Å². The monoisotopic (exact) mass is 285 g/mol. The maximum absolute atomic E-state index is 12.8. The molecule has 0 saturated heterocycles. The molecule has 3 rings (SSSR count). The lowest BCUT2D eigenvalue weighted by Crippen LogP contribution is -2.22. The van der Waals surface area contributed by atoms with Crippen molar-refractivity contribution < 1.29 is 0 Å². The van der Waals surface area contributed by atoms with E-state index in [1.165, 1.54) is 0 Å². The first-order chi connectivity index (χ1) is 10.2. The summed E-state index contributed by atoms with van der Waals surface area (Å²) in [6, 6.07) is 3.85. The second-order valence-corrected chi connectivity index (χ2v) is 5.16. The van der Waals surface area contributed by atoms with Crippen LogP contribution in [-0.2, 0) is 13.1 Å². The van der Waals surface area contributed by atoms with Gasteiger partial charge in [-0.1, -0.05) is 13.8 Å². The van der Waals surface area contributed by atoms with E-state index in [1.54, 1.807) is 10.8 Å². The van der Waals surface area contributed by atoms with Crippen LogP contribution in [0.15, 0.2) is 23.1 Å². The van der Waals surface area contributed by atoms with E-state index in [1.807, 2.05) is 23.7 Å². The van der Waals surface area contributed by atoms with E-state index in [2.05, 4.69) is 17.0 Å². The third-order valence-corrected chi connectivity index (χ3v) is 3.62. The minimum atomic E-state index is -0.0992. The van der Waals surface area contributed by atoms with Crippen molar-refractivity contribution in [2.45, 2.75) is 39.8 Å². The quantitative estimate of drug-likeness (QED) is 0.796. The Balaban J connectivity index is 2.53. The molecule has 0 aromatic carbocycles. The summed E-state index contributed by atoms with van der Waals surface area (Å²) >= 11 is 0. The molecule has 6 nitrogen and oxygen atoms in total. The third kappa shape index (κ3) is 1.98. The van der Waals surface area contributed by atoms with Crippen molar-refractivity contribution in [2.24, 2.45) is 0 Å². The van der Waals surface area contributed by atoms with E-state index in [4.69, 9.17) is 5.73 Å². The molecule has 0 radical (unpaired) electrons. The highest BCUT2D eigenvalue weighted by Gasteiger charge is 2.18. The van der Waals surface area contributed by atoms with Gasteiger partial charge in [0.25, 0.3) is 5.56 Å². The molecule has 3 aromatic rings. The predicted octanol–water partition coefficient (Wildman–Crippen LogP) is 2.15. The molecule has 0 fully saturated rings. The molecule has 0 bridgehead atoms. The van der Waals surface area contributed by atoms with Crippen molar-refractivity contribution in [1.82, 2.24) is 19.3 Å². The van der Waals surface area contributed by atoms with Crippen LogP contribution in [0, 0.1) is 0 Å². The third-order valence-electron chi connectivity index (χ3n) is 3.62. The van der Waals surface area contributed by atoms with Crippen molar-refractivity contribution in [3.8, 4) is 0 Å². The van der Waals surface area contributed by atoms with Crippen LogP contribution in [0.5, 0.6) is 0 Å². The summed E-state index contributed by atoms with van der Waals surface area (Å²) in [5.41, 5.74) is 7.40. The first kappa shape index (κ1) is 13.6. The molecule has 0 aliphatic heterocycles. The Bertz CT molecular complexity index is 862. The van der Waals surface area contributed by atoms with E-state index in [-0.39, 0.29) is 5.56 Å². The summed E-state index contributed by atoms with van der Waals surface area (Å²) in [6.07, 6.45) is 3.50. The number of nitrogens with zero attached hydrogens (tertiary/aromatic N) is 4. The highest BCUT2D eigenvalue weighted by Crippen LogP contribution is 2.25. The molecule has 0 aliphatic carbocycles. The molecule has 3 heterocycles. The van der Waals surface area contributed by atoms with Gasteiger partial charge in [-0.05, 0) is 25.0 Å². The summed E-state index contributed by atoms with van der Waals surface area (Å²) in [5, 5.41) is 5.79. The van der Waals surface area contributed by atoms with Crippen molar-refractivity contribution >= 4 is 27.8 Å². The zero-order valence-corrected chi connectivity index (χ0v) is 12.3. The second kappa shape index (κ2) is 5.20. The predicted molar refractivity (Wildman–Crippen MR) is 84.3 cm³/mol. The molecular formula is C15H19N5O. The molecule has 0 aliphatic rings. The van der Waals surface area contributed by atoms with Crippen molar-refractivity contribution in [1.29, 1.82) is 0 Å². The summed E-state index contributed by atoms with van der Waals surface area (Å²) in [4.78, 5) is 17.2. The highest BCUT2D eigenvalue weighted by molar-refractivity contribution is 6.05. The van der Waals surface area contributed by atoms with Gasteiger partial charge in [0.2, 0.25) is 0 Å². The van der Waals surface area contributed by atoms with Gasteiger partial charge >= 0.3 is 0 Å². The Morgan fingerprint density at radius 1 is 1.24 bits per heavy atom. The number of anilines is 1. The Hall–Kier alpha value is -2.37. The molecule has 0 saturated carbocycles. The zero-order chi connectivity index (χ0) is 15.0. The lowest BCUT2D eigenvalue weighted by Gasteiger charge is -2.10. The van der Waals surface area contributed by atoms with Gasteiger partial charge in [0.05, 0.1) is 5.52 Å². The average molecular weight is 285 g/mol. The first-order valence-electron chi connectivity index (χ1n) is 7.32. The number of hydrogen-bond acceptors (Lipinski definition) is 4. The first-order valence-corrected chi connectivity index (χ1v) is 7.32. The van der Waals surface area contributed by atoms with Gasteiger partial charge in [0.15, 0.2) is 5.82 Å². The normalized spacial score (nSPS) is 11.5. The fraction of sp³-hybridized carbons (Fsp3) is 0.400. The van der Waals surface area contributed by atoms with E-state index in [0.29, 0.717) is 23.4 Å². The van der Waals surface area contributed by atoms with Gasteiger partial charge in [-0.25, -0.2) is 4.98 Å². The second-order valence-electron chi connectivity index (χ2n) is 5.16. The molecule has 110 valence electrons. The van der Waals surface area contributed by atoms with Crippen molar-refractivity contribution in [3.63, 3.8) is 0 Å². The number of hydrogen-bond donors (Lipinski definition) is 1. The van der Waals surface area contributed by atoms with E-state index < -0.39 is 0 Å². The largest absolute Gasteiger partial charge is 0.382 e. The fourth-order valence-corrected chi connectivity index (χ4v) is 2.80. The molecular weight excluding hydrogens is 266 g/mol. The van der Waals surface area contributed by atoms with Gasteiger partial charge in [-0.2, -0.15) is 5.10 Å². The molecule has 3 aromatic heterocycles. The minimum absolute atomic E-state index is 0.0992. The molecule has 0 amide bonds. The number of fused-ring (bicyclic) bond motifs is 3. The minimum Gasteiger partial charge on any atom is -0.382 e. The molecule has 21 heavy (non-hydrogen) atoms. The van der Waals surface area contributed by atoms with Crippen LogP contribution >= 0.6 is 0 Å². The topological polar surface area (TPSA) is 78.7 Å². The number of pyridine rings is 2. The molecule has 0 unspecified atom stereocenters. The van der Waals surface area contributed by atoms with E-state index >= 15 is 0 Å². The molecule has 0 spiro atoms. The van der Waals surface area contributed by atoms with E-state index in [0.717, 1.165) is 30.3 Å². The van der Waals surface area contributed by atoms with Crippen LogP contribution in [0.3, 0.4) is 0 Å². The average Bonchev–Trinajstić information content (AvgIpc) is 2.81. The van der Waals surface area contributed by atoms with Crippen LogP contribution in [0.4, 0.5) is 5.82 Å². The smallest absolute Gasteiger partial charge is 0.265 e. The maximum Gasteiger partial charge on any atom is 0.265 e. The van der Waals surface area contributed by atoms with Crippen LogP contribution in [-0.4, -0.2) is 19.3 Å². The SMILES string of the molecule is CCCn1nc(N)c2c(=O)n(CCC)c3ncccc3c21. The Labute approximate surface area is 122 Å². The molecule has 0 atom stereocenters. The summed E-state index contributed by atoms with van der Waals surface area (Å²) < 4.78 is 3.53. The Kier molecular flexibility index (Phi) is 3.37. The van der Waals surface area contributed by atoms with Gasteiger partial charge in [-0.15, -0.1) is 0 Å². The van der Waals surface area contributed by atoms with Gasteiger partial charge < -0.3 is 5.73 Å². The van der Waals surface area contributed by atoms with E-state index in [9.17, 15) is 4.79 Å². The van der Waals surface area contributed by atoms with Gasteiger partial charge in [-0.3, -0.25) is 14.0 Å². The lowest BCUT2D eigenvalue weighted by atomic mass is 10.2.